The third-order valence-corrected chi connectivity index (χ3v) is 19.5. The van der Waals surface area contributed by atoms with E-state index in [1.54, 1.807) is 0 Å². The van der Waals surface area contributed by atoms with Gasteiger partial charge in [0.25, 0.3) is 0 Å². The summed E-state index contributed by atoms with van der Waals surface area (Å²) in [6.07, 6.45) is 0. The van der Waals surface area contributed by atoms with Gasteiger partial charge in [0.2, 0.25) is 0 Å². The number of hydrogen-bond donors (Lipinski definition) is 0. The van der Waals surface area contributed by atoms with Crippen LogP contribution in [0.5, 0.6) is 0 Å². The molecule has 0 saturated heterocycles. The van der Waals surface area contributed by atoms with E-state index in [2.05, 4.69) is 285 Å². The Labute approximate surface area is 455 Å². The van der Waals surface area contributed by atoms with Crippen LogP contribution < -0.4 is 9.80 Å². The predicted molar refractivity (Wildman–Crippen MR) is 324 cm³/mol. The van der Waals surface area contributed by atoms with E-state index in [1.807, 2.05) is 0 Å². The average Bonchev–Trinajstić information content (AvgIpc) is 4.27. The summed E-state index contributed by atoms with van der Waals surface area (Å²) < 4.78 is 0. The molecule has 0 unspecified atom stereocenters. The van der Waals surface area contributed by atoms with E-state index < -0.39 is 0 Å². The van der Waals surface area contributed by atoms with Crippen LogP contribution in [0.15, 0.2) is 206 Å². The van der Waals surface area contributed by atoms with Crippen LogP contribution in [0.25, 0.3) is 55.6 Å². The van der Waals surface area contributed by atoms with E-state index in [9.17, 15) is 0 Å². The van der Waals surface area contributed by atoms with Crippen LogP contribution in [0.3, 0.4) is 0 Å². The second-order valence-corrected chi connectivity index (χ2v) is 25.4. The molecule has 0 radical (unpaired) electrons. The molecule has 0 atom stereocenters. The van der Waals surface area contributed by atoms with E-state index in [0.29, 0.717) is 0 Å². The lowest BCUT2D eigenvalue weighted by Gasteiger charge is -2.31. The van der Waals surface area contributed by atoms with Crippen molar-refractivity contribution < 1.29 is 0 Å². The first-order valence-corrected chi connectivity index (χ1v) is 27.8. The molecule has 0 spiro atoms. The van der Waals surface area contributed by atoms with Gasteiger partial charge in [-0.25, -0.2) is 0 Å². The maximum Gasteiger partial charge on any atom is 0.0465 e. The van der Waals surface area contributed by atoms with Crippen LogP contribution in [-0.2, 0) is 27.1 Å². The van der Waals surface area contributed by atoms with Crippen LogP contribution >= 0.6 is 0 Å². The highest BCUT2D eigenvalue weighted by Gasteiger charge is 2.42. The van der Waals surface area contributed by atoms with E-state index in [0.717, 1.165) is 11.4 Å². The maximum absolute atomic E-state index is 2.53. The van der Waals surface area contributed by atoms with Crippen molar-refractivity contribution in [3.05, 3.63) is 262 Å². The van der Waals surface area contributed by atoms with Gasteiger partial charge in [0, 0.05) is 61.2 Å². The fraction of sp³-hybridized carbons (Fsp3) is 0.200. The summed E-state index contributed by atoms with van der Waals surface area (Å²) in [5.74, 6) is 0. The Hall–Kier alpha value is -8.20. The van der Waals surface area contributed by atoms with Crippen molar-refractivity contribution >= 4 is 34.1 Å². The third-order valence-electron chi connectivity index (χ3n) is 19.5. The molecule has 0 N–H and O–H groups in total. The highest BCUT2D eigenvalue weighted by atomic mass is 15.1. The second kappa shape index (κ2) is 15.5. The van der Waals surface area contributed by atoms with Gasteiger partial charge in [-0.3, -0.25) is 0 Å². The number of anilines is 6. The first kappa shape index (κ1) is 46.1. The van der Waals surface area contributed by atoms with Crippen LogP contribution in [-0.4, -0.2) is 0 Å². The van der Waals surface area contributed by atoms with Gasteiger partial charge in [0.1, 0.15) is 0 Å². The first-order valence-electron chi connectivity index (χ1n) is 27.8. The molecule has 0 heterocycles. The van der Waals surface area contributed by atoms with E-state index in [-0.39, 0.29) is 27.1 Å². The Morgan fingerprint density at radius 1 is 0.182 bits per heavy atom. The lowest BCUT2D eigenvalue weighted by molar-refractivity contribution is 0.659. The third kappa shape index (κ3) is 6.19. The van der Waals surface area contributed by atoms with Crippen LogP contribution in [0, 0.1) is 0 Å². The van der Waals surface area contributed by atoms with Crippen molar-refractivity contribution in [2.24, 2.45) is 0 Å². The number of benzene rings is 10. The molecule has 10 aromatic carbocycles. The highest BCUT2D eigenvalue weighted by molar-refractivity contribution is 5.93. The minimum absolute atomic E-state index is 0.135. The zero-order valence-electron chi connectivity index (χ0n) is 46.0. The molecule has 5 aliphatic carbocycles. The Kier molecular flexibility index (Phi) is 9.27. The smallest absolute Gasteiger partial charge is 0.0465 e. The standard InChI is InChI=1S/C75H64N2/c1-71(2)61-23-15-11-19-51(61)55-33-27-45(39-65(55)71)76(46-28-34-56-52-20-12-16-24-62(52)72(3,4)66(56)40-46)49-31-37-59-60-38-32-50(44-70(60)75(9,10)69(59)43-49)77(47-29-35-57-53-21-13-17-25-63(53)73(5,6)67(57)41-47)48-30-36-58-54-22-14-18-26-64(54)74(7,8)68(58)42-48/h11-44H,1-10H3. The summed E-state index contributed by atoms with van der Waals surface area (Å²) in [7, 11) is 0. The molecule has 0 saturated carbocycles. The highest BCUT2D eigenvalue weighted by Crippen LogP contribution is 2.58. The molecule has 0 fully saturated rings. The van der Waals surface area contributed by atoms with Gasteiger partial charge < -0.3 is 9.80 Å². The molecule has 15 rings (SSSR count). The average molecular weight is 993 g/mol. The van der Waals surface area contributed by atoms with Gasteiger partial charge in [-0.1, -0.05) is 203 Å². The minimum atomic E-state index is -0.305. The van der Waals surface area contributed by atoms with Gasteiger partial charge in [-0.2, -0.15) is 0 Å². The zero-order valence-corrected chi connectivity index (χ0v) is 46.0. The molecule has 2 heteroatoms. The summed E-state index contributed by atoms with van der Waals surface area (Å²) in [5.41, 5.74) is 33.2. The van der Waals surface area contributed by atoms with Crippen molar-refractivity contribution in [3.63, 3.8) is 0 Å². The monoisotopic (exact) mass is 993 g/mol. The van der Waals surface area contributed by atoms with Crippen molar-refractivity contribution in [1.82, 2.24) is 0 Å². The fourth-order valence-electron chi connectivity index (χ4n) is 15.2. The Bertz CT molecular complexity index is 3730. The molecule has 77 heavy (non-hydrogen) atoms. The van der Waals surface area contributed by atoms with Crippen LogP contribution in [0.1, 0.15) is 125 Å². The summed E-state index contributed by atoms with van der Waals surface area (Å²) in [4.78, 5) is 5.07. The quantitative estimate of drug-likeness (QED) is 0.164. The summed E-state index contributed by atoms with van der Waals surface area (Å²) >= 11 is 0. The number of hydrogen-bond acceptors (Lipinski definition) is 2. The van der Waals surface area contributed by atoms with Gasteiger partial charge in [0.05, 0.1) is 0 Å². The van der Waals surface area contributed by atoms with Crippen molar-refractivity contribution in [1.29, 1.82) is 0 Å². The zero-order chi connectivity index (χ0) is 52.7. The van der Waals surface area contributed by atoms with Gasteiger partial charge in [-0.05, 0) is 184 Å². The van der Waals surface area contributed by atoms with Crippen molar-refractivity contribution in [2.75, 3.05) is 9.80 Å². The minimum Gasteiger partial charge on any atom is -0.310 e. The van der Waals surface area contributed by atoms with E-state index in [1.165, 1.54) is 134 Å². The van der Waals surface area contributed by atoms with Crippen LogP contribution in [0.2, 0.25) is 0 Å². The fourth-order valence-corrected chi connectivity index (χ4v) is 15.2. The summed E-state index contributed by atoms with van der Waals surface area (Å²) in [5, 5.41) is 0. The molecule has 10 aromatic rings. The SMILES string of the molecule is CC1(C)c2ccccc2-c2ccc(N(c3ccc4c(c3)C(C)(C)c3ccccc3-4)c3ccc4c(c3)C(C)(C)c3cc(N(c5ccc6c(c5)C(C)(C)c5ccccc5-6)c5ccc6c(c5)C(C)(C)c5ccccc5-6)ccc3-4)cc21. The number of nitrogens with zero attached hydrogens (tertiary/aromatic N) is 2. The molecule has 0 bridgehead atoms. The lowest BCUT2D eigenvalue weighted by Crippen LogP contribution is -2.19. The largest absolute Gasteiger partial charge is 0.310 e. The lowest BCUT2D eigenvalue weighted by atomic mass is 9.81. The van der Waals surface area contributed by atoms with E-state index >= 15 is 0 Å². The molecule has 0 aromatic heterocycles. The molecule has 5 aliphatic rings. The Morgan fingerprint density at radius 3 is 0.532 bits per heavy atom. The van der Waals surface area contributed by atoms with Gasteiger partial charge in [-0.15, -0.1) is 0 Å². The molecule has 0 aliphatic heterocycles. The second-order valence-electron chi connectivity index (χ2n) is 25.4. The number of fused-ring (bicyclic) bond motifs is 15. The normalized spacial score (nSPS) is 16.7. The topological polar surface area (TPSA) is 6.48 Å². The molecule has 2 nitrogen and oxygen atoms in total. The maximum atomic E-state index is 2.53. The van der Waals surface area contributed by atoms with E-state index in [4.69, 9.17) is 0 Å². The Morgan fingerprint density at radius 2 is 0.338 bits per heavy atom. The molecule has 374 valence electrons. The van der Waals surface area contributed by atoms with Crippen molar-refractivity contribution in [2.45, 2.75) is 96.3 Å². The molecule has 0 amide bonds. The van der Waals surface area contributed by atoms with Gasteiger partial charge in [0.15, 0.2) is 0 Å². The predicted octanol–water partition coefficient (Wildman–Crippen LogP) is 20.2. The summed E-state index contributed by atoms with van der Waals surface area (Å²) in [6, 6.07) is 79.3. The molecular formula is C75H64N2. The Balaban J connectivity index is 0.874. The molecular weight excluding hydrogens is 929 g/mol. The van der Waals surface area contributed by atoms with Gasteiger partial charge >= 0.3 is 0 Å². The van der Waals surface area contributed by atoms with Crippen LogP contribution in [0.4, 0.5) is 34.1 Å². The first-order chi connectivity index (χ1) is 37.0. The number of rotatable bonds is 6. The van der Waals surface area contributed by atoms with Crippen molar-refractivity contribution in [3.8, 4) is 55.6 Å². The summed E-state index contributed by atoms with van der Waals surface area (Å²) in [6.45, 7) is 24.0.